The van der Waals surface area contributed by atoms with Crippen molar-refractivity contribution in [2.45, 2.75) is 0 Å². The third-order valence-corrected chi connectivity index (χ3v) is 5.64. The normalized spacial score (nSPS) is 11.7. The first-order chi connectivity index (χ1) is 15.6. The van der Waals surface area contributed by atoms with Crippen molar-refractivity contribution in [3.63, 3.8) is 0 Å². The summed E-state index contributed by atoms with van der Waals surface area (Å²) in [6.45, 7) is 0. The van der Waals surface area contributed by atoms with E-state index in [9.17, 15) is 14.9 Å². The number of aromatic nitrogens is 3. The van der Waals surface area contributed by atoms with Crippen molar-refractivity contribution in [3.05, 3.63) is 109 Å². The van der Waals surface area contributed by atoms with E-state index in [0.29, 0.717) is 37.9 Å². The van der Waals surface area contributed by atoms with Crippen LogP contribution < -0.4 is 14.8 Å². The molecule has 8 nitrogen and oxygen atoms in total. The van der Waals surface area contributed by atoms with Crippen LogP contribution in [0.5, 0.6) is 11.5 Å². The lowest BCUT2D eigenvalue weighted by Gasteiger charge is -2.08. The van der Waals surface area contributed by atoms with E-state index >= 15 is 0 Å². The average molecular weight is 442 g/mol. The van der Waals surface area contributed by atoms with Crippen LogP contribution in [0.15, 0.2) is 83.7 Å². The fourth-order valence-corrected chi connectivity index (χ4v) is 4.06. The molecule has 0 aliphatic rings. The standard InChI is InChI=1S/C23H14N4O4S/c28-22-20(14-15-10-12-16(13-11-15)27(29)30)32-23-24-21(25-26(22)23)18-8-4-5-9-19(18)31-17-6-2-1-3-7-17/h1-14H/b20-14-. The molecule has 3 aromatic carbocycles. The van der Waals surface area contributed by atoms with Crippen molar-refractivity contribution in [1.82, 2.24) is 14.6 Å². The first-order valence-corrected chi connectivity index (χ1v) is 10.4. The van der Waals surface area contributed by atoms with Crippen LogP contribution >= 0.6 is 11.3 Å². The summed E-state index contributed by atoms with van der Waals surface area (Å²) in [5, 5.41) is 15.2. The van der Waals surface area contributed by atoms with Crippen LogP contribution in [0.25, 0.3) is 22.4 Å². The summed E-state index contributed by atoms with van der Waals surface area (Å²) >= 11 is 1.20. The van der Waals surface area contributed by atoms with Crippen molar-refractivity contribution in [2.75, 3.05) is 0 Å². The van der Waals surface area contributed by atoms with Gasteiger partial charge in [0.1, 0.15) is 11.5 Å². The molecule has 156 valence electrons. The number of rotatable bonds is 5. The Balaban J connectivity index is 1.51. The van der Waals surface area contributed by atoms with Gasteiger partial charge < -0.3 is 4.74 Å². The molecule has 5 aromatic rings. The van der Waals surface area contributed by atoms with Crippen molar-refractivity contribution >= 4 is 28.1 Å². The topological polar surface area (TPSA) is 99.6 Å². The number of benzene rings is 3. The van der Waals surface area contributed by atoms with Crippen LogP contribution in [0.3, 0.4) is 0 Å². The summed E-state index contributed by atoms with van der Waals surface area (Å²) in [5.74, 6) is 1.66. The minimum atomic E-state index is -0.465. The van der Waals surface area contributed by atoms with E-state index < -0.39 is 4.92 Å². The zero-order valence-electron chi connectivity index (χ0n) is 16.4. The molecule has 2 heterocycles. The number of thiazole rings is 1. The van der Waals surface area contributed by atoms with E-state index in [-0.39, 0.29) is 11.2 Å². The Labute approximate surface area is 184 Å². The molecule has 0 bridgehead atoms. The molecular formula is C23H14N4O4S. The molecule has 32 heavy (non-hydrogen) atoms. The smallest absolute Gasteiger partial charge is 0.291 e. The molecule has 0 atom stereocenters. The average Bonchev–Trinajstić information content (AvgIpc) is 3.34. The minimum Gasteiger partial charge on any atom is -0.457 e. The lowest BCUT2D eigenvalue weighted by molar-refractivity contribution is -0.384. The van der Waals surface area contributed by atoms with Crippen LogP contribution in [-0.2, 0) is 0 Å². The van der Waals surface area contributed by atoms with E-state index in [1.54, 1.807) is 18.2 Å². The number of nitro benzene ring substituents is 1. The zero-order valence-corrected chi connectivity index (χ0v) is 17.2. The van der Waals surface area contributed by atoms with Crippen LogP contribution in [0.2, 0.25) is 0 Å². The first-order valence-electron chi connectivity index (χ1n) is 9.56. The number of para-hydroxylation sites is 2. The van der Waals surface area contributed by atoms with Gasteiger partial charge in [0.05, 0.1) is 15.0 Å². The van der Waals surface area contributed by atoms with Gasteiger partial charge in [-0.2, -0.15) is 9.50 Å². The van der Waals surface area contributed by atoms with E-state index in [1.165, 1.54) is 28.0 Å². The van der Waals surface area contributed by atoms with E-state index in [4.69, 9.17) is 4.74 Å². The first kappa shape index (κ1) is 19.6. The Hall–Kier alpha value is -4.37. The quantitative estimate of drug-likeness (QED) is 0.301. The number of ether oxygens (including phenoxy) is 1. The molecule has 0 aliphatic heterocycles. The molecule has 0 radical (unpaired) electrons. The highest BCUT2D eigenvalue weighted by Crippen LogP contribution is 2.31. The third kappa shape index (κ3) is 3.72. The molecule has 0 saturated carbocycles. The Bertz CT molecular complexity index is 1540. The maximum atomic E-state index is 12.8. The maximum Gasteiger partial charge on any atom is 0.291 e. The van der Waals surface area contributed by atoms with Gasteiger partial charge in [-0.25, -0.2) is 0 Å². The Kier molecular flexibility index (Phi) is 4.92. The molecule has 9 heteroatoms. The molecule has 0 amide bonds. The molecule has 0 unspecified atom stereocenters. The summed E-state index contributed by atoms with van der Waals surface area (Å²) in [7, 11) is 0. The van der Waals surface area contributed by atoms with Crippen molar-refractivity contribution in [2.24, 2.45) is 0 Å². The predicted molar refractivity (Wildman–Crippen MR) is 121 cm³/mol. The van der Waals surface area contributed by atoms with Gasteiger partial charge in [0, 0.05) is 12.1 Å². The van der Waals surface area contributed by atoms with Gasteiger partial charge in [-0.05, 0) is 48.0 Å². The molecule has 0 N–H and O–H groups in total. The largest absolute Gasteiger partial charge is 0.457 e. The van der Waals surface area contributed by atoms with Crippen LogP contribution in [-0.4, -0.2) is 19.5 Å². The molecule has 5 rings (SSSR count). The Morgan fingerprint density at radius 2 is 1.69 bits per heavy atom. The van der Waals surface area contributed by atoms with Crippen molar-refractivity contribution in [3.8, 4) is 22.9 Å². The Morgan fingerprint density at radius 3 is 2.41 bits per heavy atom. The number of non-ortho nitro benzene ring substituents is 1. The van der Waals surface area contributed by atoms with Gasteiger partial charge in [0.25, 0.3) is 11.2 Å². The highest BCUT2D eigenvalue weighted by Gasteiger charge is 2.16. The minimum absolute atomic E-state index is 0.00632. The number of hydrogen-bond acceptors (Lipinski definition) is 7. The van der Waals surface area contributed by atoms with Gasteiger partial charge in [-0.15, -0.1) is 5.10 Å². The number of fused-ring (bicyclic) bond motifs is 1. The highest BCUT2D eigenvalue weighted by atomic mass is 32.1. The SMILES string of the molecule is O=c1/c(=C/c2ccc([N+](=O)[O-])cc2)sc2nc(-c3ccccc3Oc3ccccc3)nn12. The van der Waals surface area contributed by atoms with Crippen LogP contribution in [0.1, 0.15) is 5.56 Å². The second-order valence-corrected chi connectivity index (χ2v) is 7.81. The Morgan fingerprint density at radius 1 is 0.969 bits per heavy atom. The molecule has 0 aliphatic carbocycles. The van der Waals surface area contributed by atoms with Gasteiger partial charge in [0.2, 0.25) is 4.96 Å². The van der Waals surface area contributed by atoms with Gasteiger partial charge >= 0.3 is 0 Å². The summed E-state index contributed by atoms with van der Waals surface area (Å²) in [6, 6.07) is 22.7. The number of nitro groups is 1. The van der Waals surface area contributed by atoms with E-state index in [1.807, 2.05) is 54.6 Å². The van der Waals surface area contributed by atoms with Gasteiger partial charge in [0.15, 0.2) is 5.82 Å². The highest BCUT2D eigenvalue weighted by molar-refractivity contribution is 7.15. The summed E-state index contributed by atoms with van der Waals surface area (Å²) in [6.07, 6.45) is 1.67. The second kappa shape index (κ2) is 8.05. The van der Waals surface area contributed by atoms with Crippen LogP contribution in [0.4, 0.5) is 5.69 Å². The van der Waals surface area contributed by atoms with E-state index in [0.717, 1.165) is 0 Å². The lowest BCUT2D eigenvalue weighted by Crippen LogP contribution is -2.23. The predicted octanol–water partition coefficient (Wildman–Crippen LogP) is 4.07. The van der Waals surface area contributed by atoms with Crippen molar-refractivity contribution < 1.29 is 9.66 Å². The molecule has 0 fully saturated rings. The summed E-state index contributed by atoms with van der Waals surface area (Å²) < 4.78 is 7.68. The van der Waals surface area contributed by atoms with E-state index in [2.05, 4.69) is 10.1 Å². The molecule has 0 spiro atoms. The third-order valence-electron chi connectivity index (χ3n) is 4.68. The summed E-state index contributed by atoms with van der Waals surface area (Å²) in [5.41, 5.74) is 1.04. The fraction of sp³-hybridized carbons (Fsp3) is 0. The number of nitrogens with zero attached hydrogens (tertiary/aromatic N) is 4. The van der Waals surface area contributed by atoms with Gasteiger partial charge in [-0.3, -0.25) is 14.9 Å². The number of hydrogen-bond donors (Lipinski definition) is 0. The van der Waals surface area contributed by atoms with Crippen molar-refractivity contribution in [1.29, 1.82) is 0 Å². The maximum absolute atomic E-state index is 12.8. The molecule has 2 aromatic heterocycles. The molecule has 0 saturated heterocycles. The second-order valence-electron chi connectivity index (χ2n) is 6.81. The zero-order chi connectivity index (χ0) is 22.1. The van der Waals surface area contributed by atoms with Gasteiger partial charge in [-0.1, -0.05) is 41.7 Å². The van der Waals surface area contributed by atoms with Crippen LogP contribution in [0, 0.1) is 10.1 Å². The molecular weight excluding hydrogens is 428 g/mol. The monoisotopic (exact) mass is 442 g/mol. The summed E-state index contributed by atoms with van der Waals surface area (Å²) in [4.78, 5) is 28.1. The fourth-order valence-electron chi connectivity index (χ4n) is 3.15. The lowest BCUT2D eigenvalue weighted by atomic mass is 10.2.